The van der Waals surface area contributed by atoms with E-state index in [1.807, 2.05) is 37.4 Å². The maximum absolute atomic E-state index is 12.2. The Kier molecular flexibility index (Phi) is 11.0. The van der Waals surface area contributed by atoms with Gasteiger partial charge in [-0.25, -0.2) is 4.98 Å². The van der Waals surface area contributed by atoms with Crippen LogP contribution in [0.2, 0.25) is 0 Å². The molecule has 0 saturated heterocycles. The second kappa shape index (κ2) is 13.9. The molecule has 0 unspecified atom stereocenters. The average Bonchev–Trinajstić information content (AvgIpc) is 3.55. The van der Waals surface area contributed by atoms with E-state index >= 15 is 0 Å². The number of aromatic nitrogens is 3. The van der Waals surface area contributed by atoms with Gasteiger partial charge in [-0.05, 0) is 29.5 Å². The Morgan fingerprint density at radius 2 is 1.78 bits per heavy atom. The average molecular weight is 524 g/mol. The number of benzene rings is 1. The Hall–Kier alpha value is -4.05. The van der Waals surface area contributed by atoms with Crippen LogP contribution >= 0.6 is 11.3 Å². The number of hydrogen-bond donors (Lipinski definition) is 2. The van der Waals surface area contributed by atoms with Crippen molar-refractivity contribution in [3.8, 4) is 11.3 Å². The fourth-order valence-corrected chi connectivity index (χ4v) is 3.79. The number of nitrogens with zero attached hydrogens (tertiary/aromatic N) is 3. The third-order valence-electron chi connectivity index (χ3n) is 5.49. The van der Waals surface area contributed by atoms with Crippen molar-refractivity contribution in [3.63, 3.8) is 0 Å². The first-order valence-electron chi connectivity index (χ1n) is 11.7. The maximum Gasteiger partial charge on any atom is 0.253 e. The van der Waals surface area contributed by atoms with Crippen LogP contribution in [-0.2, 0) is 23.7 Å². The molecule has 0 radical (unpaired) electrons. The first-order chi connectivity index (χ1) is 17.7. The van der Waals surface area contributed by atoms with Gasteiger partial charge >= 0.3 is 0 Å². The standard InChI is InChI=1S/C21H19N5O3S.C5H12.CH2O/c1-25-8-7-15(11-25)20(29)22-10-18(27)24-21-23-16(12-30-21)14-4-3-13-5-6-19(28)26(2)17(13)9-14;1-4-5(2)3;1-2/h3-9,11-12H,10H2,1-2H3,(H,22,29)(H,23,24,27);5H,4H2,1-3H3;1H2. The molecule has 0 fully saturated rings. The molecular formula is C27H33N5O4S. The second-order valence-electron chi connectivity index (χ2n) is 8.64. The summed E-state index contributed by atoms with van der Waals surface area (Å²) in [7, 11) is 3.55. The minimum Gasteiger partial charge on any atom is -0.356 e. The molecule has 10 heteroatoms. The van der Waals surface area contributed by atoms with Crippen LogP contribution in [0.3, 0.4) is 0 Å². The Bertz CT molecular complexity index is 1400. The largest absolute Gasteiger partial charge is 0.356 e. The van der Waals surface area contributed by atoms with Crippen LogP contribution in [0.4, 0.5) is 5.13 Å². The van der Waals surface area contributed by atoms with Crippen LogP contribution in [0, 0.1) is 5.92 Å². The van der Waals surface area contributed by atoms with Gasteiger partial charge in [0.1, 0.15) is 6.79 Å². The van der Waals surface area contributed by atoms with Crippen LogP contribution in [0.15, 0.2) is 59.0 Å². The van der Waals surface area contributed by atoms with E-state index in [9.17, 15) is 14.4 Å². The number of nitrogens with one attached hydrogen (secondary N) is 2. The molecule has 0 bridgehead atoms. The zero-order valence-electron chi connectivity index (χ0n) is 21.8. The Labute approximate surface area is 220 Å². The van der Waals surface area contributed by atoms with Crippen LogP contribution in [0.5, 0.6) is 0 Å². The topological polar surface area (TPSA) is 115 Å². The number of anilines is 1. The highest BCUT2D eigenvalue weighted by atomic mass is 32.1. The van der Waals surface area contributed by atoms with Gasteiger partial charge in [0.2, 0.25) is 5.91 Å². The van der Waals surface area contributed by atoms with E-state index in [4.69, 9.17) is 4.79 Å². The molecule has 3 aromatic heterocycles. The van der Waals surface area contributed by atoms with Crippen LogP contribution < -0.4 is 16.2 Å². The van der Waals surface area contributed by atoms with Gasteiger partial charge in [-0.15, -0.1) is 11.3 Å². The van der Waals surface area contributed by atoms with Gasteiger partial charge in [0.25, 0.3) is 11.5 Å². The van der Waals surface area contributed by atoms with Crippen molar-refractivity contribution in [2.45, 2.75) is 27.2 Å². The summed E-state index contributed by atoms with van der Waals surface area (Å²) in [4.78, 5) is 48.5. The molecule has 4 aromatic rings. The fourth-order valence-electron chi connectivity index (χ4n) is 3.05. The SMILES string of the molecule is C=O.CCC(C)C.Cn1ccc(C(=O)NCC(=O)Nc2nc(-c3ccc4ccc(=O)n(C)c4c3)cs2)c1. The van der Waals surface area contributed by atoms with Crippen molar-refractivity contribution >= 4 is 46.0 Å². The summed E-state index contributed by atoms with van der Waals surface area (Å²) >= 11 is 1.29. The number of thiazole rings is 1. The Balaban J connectivity index is 0.000000617. The molecule has 3 heterocycles. The van der Waals surface area contributed by atoms with Gasteiger partial charge in [-0.1, -0.05) is 39.3 Å². The van der Waals surface area contributed by atoms with E-state index in [0.717, 1.165) is 22.4 Å². The molecule has 0 aliphatic heterocycles. The highest BCUT2D eigenvalue weighted by molar-refractivity contribution is 7.14. The van der Waals surface area contributed by atoms with Gasteiger partial charge in [0, 0.05) is 43.5 Å². The lowest BCUT2D eigenvalue weighted by Gasteiger charge is -2.06. The molecule has 1 aromatic carbocycles. The molecule has 9 nitrogen and oxygen atoms in total. The summed E-state index contributed by atoms with van der Waals surface area (Å²) in [5.41, 5.74) is 2.76. The number of fused-ring (bicyclic) bond motifs is 1. The molecule has 0 spiro atoms. The lowest BCUT2D eigenvalue weighted by Crippen LogP contribution is -2.32. The molecule has 37 heavy (non-hydrogen) atoms. The van der Waals surface area contributed by atoms with Crippen LogP contribution in [0.25, 0.3) is 22.2 Å². The van der Waals surface area contributed by atoms with Crippen molar-refractivity contribution in [2.75, 3.05) is 11.9 Å². The molecule has 0 aliphatic carbocycles. The zero-order chi connectivity index (χ0) is 27.5. The number of carbonyl (C=O) groups is 3. The summed E-state index contributed by atoms with van der Waals surface area (Å²) in [5, 5.41) is 8.50. The lowest BCUT2D eigenvalue weighted by molar-refractivity contribution is -0.115. The van der Waals surface area contributed by atoms with Gasteiger partial charge < -0.3 is 24.6 Å². The van der Waals surface area contributed by atoms with E-state index < -0.39 is 0 Å². The molecule has 2 amide bonds. The number of carbonyl (C=O) groups excluding carboxylic acids is 3. The zero-order valence-corrected chi connectivity index (χ0v) is 22.6. The first-order valence-corrected chi connectivity index (χ1v) is 12.6. The predicted octanol–water partition coefficient (Wildman–Crippen LogP) is 4.24. The van der Waals surface area contributed by atoms with E-state index in [2.05, 4.69) is 36.4 Å². The molecule has 0 aliphatic rings. The molecular weight excluding hydrogens is 490 g/mol. The van der Waals surface area contributed by atoms with E-state index in [1.54, 1.807) is 40.7 Å². The molecule has 0 atom stereocenters. The van der Waals surface area contributed by atoms with Crippen molar-refractivity contribution in [3.05, 3.63) is 70.1 Å². The number of pyridine rings is 1. The van der Waals surface area contributed by atoms with E-state index in [1.165, 1.54) is 23.8 Å². The molecule has 196 valence electrons. The quantitative estimate of drug-likeness (QED) is 0.392. The van der Waals surface area contributed by atoms with Crippen molar-refractivity contribution in [1.82, 2.24) is 19.4 Å². The van der Waals surface area contributed by atoms with Crippen molar-refractivity contribution in [2.24, 2.45) is 20.0 Å². The monoisotopic (exact) mass is 523 g/mol. The summed E-state index contributed by atoms with van der Waals surface area (Å²) in [6, 6.07) is 10.8. The Morgan fingerprint density at radius 3 is 2.41 bits per heavy atom. The van der Waals surface area contributed by atoms with Gasteiger partial charge in [-0.2, -0.15) is 0 Å². The number of hydrogen-bond acceptors (Lipinski definition) is 6. The normalized spacial score (nSPS) is 10.2. The molecule has 0 saturated carbocycles. The summed E-state index contributed by atoms with van der Waals surface area (Å²) in [5.74, 6) is 0.212. The maximum atomic E-state index is 12.2. The second-order valence-corrected chi connectivity index (χ2v) is 9.50. The number of amides is 2. The van der Waals surface area contributed by atoms with Crippen LogP contribution in [-0.4, -0.2) is 39.3 Å². The number of rotatable bonds is 6. The Morgan fingerprint density at radius 1 is 1.11 bits per heavy atom. The van der Waals surface area contributed by atoms with Crippen molar-refractivity contribution in [1.29, 1.82) is 0 Å². The minimum absolute atomic E-state index is 0.0802. The third-order valence-corrected chi connectivity index (χ3v) is 6.25. The fraction of sp³-hybridized carbons (Fsp3) is 0.296. The molecule has 2 N–H and O–H groups in total. The van der Waals surface area contributed by atoms with E-state index in [0.29, 0.717) is 16.4 Å². The number of aryl methyl sites for hydroxylation is 2. The summed E-state index contributed by atoms with van der Waals surface area (Å²) in [6.07, 6.45) is 4.75. The van der Waals surface area contributed by atoms with Gasteiger partial charge in [-0.3, -0.25) is 14.4 Å². The highest BCUT2D eigenvalue weighted by Crippen LogP contribution is 2.27. The van der Waals surface area contributed by atoms with Gasteiger partial charge in [0.15, 0.2) is 5.13 Å². The van der Waals surface area contributed by atoms with Crippen molar-refractivity contribution < 1.29 is 14.4 Å². The predicted molar refractivity (Wildman–Crippen MR) is 149 cm³/mol. The van der Waals surface area contributed by atoms with Crippen LogP contribution in [0.1, 0.15) is 37.6 Å². The molecule has 4 rings (SSSR count). The van der Waals surface area contributed by atoms with E-state index in [-0.39, 0.29) is 23.9 Å². The summed E-state index contributed by atoms with van der Waals surface area (Å²) < 4.78 is 3.35. The summed E-state index contributed by atoms with van der Waals surface area (Å²) in [6.45, 7) is 8.49. The minimum atomic E-state index is -0.360. The highest BCUT2D eigenvalue weighted by Gasteiger charge is 2.12. The smallest absolute Gasteiger partial charge is 0.253 e. The third kappa shape index (κ3) is 8.25. The van der Waals surface area contributed by atoms with Gasteiger partial charge in [0.05, 0.1) is 23.3 Å². The lowest BCUT2D eigenvalue weighted by atomic mass is 10.1. The first kappa shape index (κ1) is 29.2.